The summed E-state index contributed by atoms with van der Waals surface area (Å²) in [7, 11) is 0. The average molecular weight is 411 g/mol. The van der Waals surface area contributed by atoms with Crippen LogP contribution in [0.2, 0.25) is 0 Å². The van der Waals surface area contributed by atoms with Gasteiger partial charge in [0.1, 0.15) is 0 Å². The minimum absolute atomic E-state index is 0. The van der Waals surface area contributed by atoms with Crippen LogP contribution in [0.1, 0.15) is 45.4 Å². The summed E-state index contributed by atoms with van der Waals surface area (Å²) in [5.41, 5.74) is 0. The minimum Gasteiger partial charge on any atom is -0.389 e. The van der Waals surface area contributed by atoms with E-state index >= 15 is 0 Å². The van der Waals surface area contributed by atoms with Crippen molar-refractivity contribution in [3.05, 3.63) is 0 Å². The second kappa shape index (κ2) is 10.6. The molecule has 0 aromatic heterocycles. The first kappa shape index (κ1) is 19.0. The van der Waals surface area contributed by atoms with Crippen LogP contribution in [0.25, 0.3) is 0 Å². The molecule has 2 saturated carbocycles. The number of hydrogen-bond acceptors (Lipinski definition) is 3. The van der Waals surface area contributed by atoms with Gasteiger partial charge in [-0.05, 0) is 38.5 Å². The van der Waals surface area contributed by atoms with Crippen LogP contribution >= 0.6 is 24.0 Å². The third-order valence-electron chi connectivity index (χ3n) is 3.86. The average Bonchev–Trinajstić information content (AvgIpc) is 3.11. The molecule has 21 heavy (non-hydrogen) atoms. The molecule has 124 valence electrons. The van der Waals surface area contributed by atoms with Gasteiger partial charge < -0.3 is 20.5 Å². The topological polar surface area (TPSA) is 65.9 Å². The molecule has 0 aliphatic heterocycles. The summed E-state index contributed by atoms with van der Waals surface area (Å²) in [5, 5.41) is 16.6. The maximum absolute atomic E-state index is 9.87. The van der Waals surface area contributed by atoms with Crippen molar-refractivity contribution in [3.8, 4) is 0 Å². The SMILES string of the molecule is CCNC(=NCC(O)COCC1CC1)NC1CCCC1.I. The first-order valence-corrected chi connectivity index (χ1v) is 8.08. The Morgan fingerprint density at radius 2 is 2.00 bits per heavy atom. The fourth-order valence-corrected chi connectivity index (χ4v) is 2.49. The van der Waals surface area contributed by atoms with E-state index < -0.39 is 6.10 Å². The Morgan fingerprint density at radius 3 is 2.62 bits per heavy atom. The maximum Gasteiger partial charge on any atom is 0.191 e. The summed E-state index contributed by atoms with van der Waals surface area (Å²) in [6.45, 7) is 4.48. The number of aliphatic imine (C=N–C) groups is 1. The Labute approximate surface area is 145 Å². The highest BCUT2D eigenvalue weighted by molar-refractivity contribution is 14.0. The second-order valence-electron chi connectivity index (χ2n) is 5.98. The third-order valence-corrected chi connectivity index (χ3v) is 3.86. The number of ether oxygens (including phenoxy) is 1. The molecule has 0 aromatic rings. The van der Waals surface area contributed by atoms with Gasteiger partial charge in [0.25, 0.3) is 0 Å². The molecule has 2 aliphatic carbocycles. The van der Waals surface area contributed by atoms with Crippen LogP contribution in [0, 0.1) is 5.92 Å². The minimum atomic E-state index is -0.507. The van der Waals surface area contributed by atoms with Gasteiger partial charge in [0, 0.05) is 19.2 Å². The van der Waals surface area contributed by atoms with Gasteiger partial charge in [-0.3, -0.25) is 4.99 Å². The fraction of sp³-hybridized carbons (Fsp3) is 0.933. The standard InChI is InChI=1S/C15H29N3O2.HI/c1-2-16-15(18-13-5-3-4-6-13)17-9-14(19)11-20-10-12-7-8-12;/h12-14,19H,2-11H2,1H3,(H2,16,17,18);1H. The predicted octanol–water partition coefficient (Wildman–Crippen LogP) is 1.89. The van der Waals surface area contributed by atoms with Crippen LogP contribution in [0.5, 0.6) is 0 Å². The van der Waals surface area contributed by atoms with E-state index in [1.165, 1.54) is 38.5 Å². The van der Waals surface area contributed by atoms with Gasteiger partial charge >= 0.3 is 0 Å². The van der Waals surface area contributed by atoms with E-state index in [9.17, 15) is 5.11 Å². The molecule has 0 amide bonds. The summed E-state index contributed by atoms with van der Waals surface area (Å²) >= 11 is 0. The van der Waals surface area contributed by atoms with Gasteiger partial charge in [0.15, 0.2) is 5.96 Å². The normalized spacial score (nSPS) is 21.0. The lowest BCUT2D eigenvalue weighted by atomic mass is 10.2. The number of nitrogens with zero attached hydrogens (tertiary/aromatic N) is 1. The summed E-state index contributed by atoms with van der Waals surface area (Å²) in [4.78, 5) is 4.45. The van der Waals surface area contributed by atoms with Crippen LogP contribution in [0.4, 0.5) is 0 Å². The Balaban J connectivity index is 0.00000220. The number of halogens is 1. The maximum atomic E-state index is 9.87. The smallest absolute Gasteiger partial charge is 0.191 e. The quantitative estimate of drug-likeness (QED) is 0.324. The van der Waals surface area contributed by atoms with Crippen molar-refractivity contribution < 1.29 is 9.84 Å². The molecule has 2 rings (SSSR count). The van der Waals surface area contributed by atoms with E-state index in [2.05, 4.69) is 22.5 Å². The van der Waals surface area contributed by atoms with Gasteiger partial charge in [0.2, 0.25) is 0 Å². The zero-order valence-electron chi connectivity index (χ0n) is 13.0. The highest BCUT2D eigenvalue weighted by Crippen LogP contribution is 2.28. The Kier molecular flexibility index (Phi) is 9.59. The molecular formula is C15H30IN3O2. The molecule has 0 heterocycles. The van der Waals surface area contributed by atoms with Crippen molar-refractivity contribution >= 4 is 29.9 Å². The van der Waals surface area contributed by atoms with E-state index in [0.717, 1.165) is 25.0 Å². The summed E-state index contributed by atoms with van der Waals surface area (Å²) in [6.07, 6.45) is 7.10. The number of aliphatic hydroxyl groups is 1. The van der Waals surface area contributed by atoms with Crippen molar-refractivity contribution in [1.82, 2.24) is 10.6 Å². The summed E-state index contributed by atoms with van der Waals surface area (Å²) < 4.78 is 5.48. The number of nitrogens with one attached hydrogen (secondary N) is 2. The summed E-state index contributed by atoms with van der Waals surface area (Å²) in [6, 6.07) is 0.538. The monoisotopic (exact) mass is 411 g/mol. The molecule has 2 aliphatic rings. The molecule has 3 N–H and O–H groups in total. The van der Waals surface area contributed by atoms with Gasteiger partial charge in [-0.2, -0.15) is 0 Å². The van der Waals surface area contributed by atoms with E-state index in [-0.39, 0.29) is 24.0 Å². The van der Waals surface area contributed by atoms with Crippen LogP contribution in [-0.2, 0) is 4.74 Å². The van der Waals surface area contributed by atoms with Crippen molar-refractivity contribution in [2.24, 2.45) is 10.9 Å². The first-order valence-electron chi connectivity index (χ1n) is 8.08. The van der Waals surface area contributed by atoms with Crippen LogP contribution in [0.15, 0.2) is 4.99 Å². The van der Waals surface area contributed by atoms with Crippen molar-refractivity contribution in [2.45, 2.75) is 57.6 Å². The zero-order valence-corrected chi connectivity index (χ0v) is 15.3. The fourth-order valence-electron chi connectivity index (χ4n) is 2.49. The van der Waals surface area contributed by atoms with Crippen molar-refractivity contribution in [2.75, 3.05) is 26.3 Å². The molecule has 1 unspecified atom stereocenters. The van der Waals surface area contributed by atoms with Crippen LogP contribution < -0.4 is 10.6 Å². The van der Waals surface area contributed by atoms with E-state index in [1.54, 1.807) is 0 Å². The Bertz CT molecular complexity index is 305. The highest BCUT2D eigenvalue weighted by atomic mass is 127. The summed E-state index contributed by atoms with van der Waals surface area (Å²) in [5.74, 6) is 1.56. The molecular weight excluding hydrogens is 381 g/mol. The highest BCUT2D eigenvalue weighted by Gasteiger charge is 2.21. The third kappa shape index (κ3) is 8.21. The Hall–Kier alpha value is -0.0800. The molecule has 0 radical (unpaired) electrons. The number of guanidine groups is 1. The van der Waals surface area contributed by atoms with Gasteiger partial charge in [-0.25, -0.2) is 0 Å². The van der Waals surface area contributed by atoms with E-state index in [4.69, 9.17) is 4.74 Å². The first-order chi connectivity index (χ1) is 9.78. The van der Waals surface area contributed by atoms with Gasteiger partial charge in [0.05, 0.1) is 19.3 Å². The van der Waals surface area contributed by atoms with Crippen molar-refractivity contribution in [1.29, 1.82) is 0 Å². The molecule has 2 fully saturated rings. The molecule has 5 nitrogen and oxygen atoms in total. The molecule has 6 heteroatoms. The number of hydrogen-bond donors (Lipinski definition) is 3. The Morgan fingerprint density at radius 1 is 1.29 bits per heavy atom. The molecule has 1 atom stereocenters. The van der Waals surface area contributed by atoms with Crippen LogP contribution in [-0.4, -0.2) is 49.5 Å². The molecule has 0 aromatic carbocycles. The molecule has 0 bridgehead atoms. The number of aliphatic hydroxyl groups excluding tert-OH is 1. The second-order valence-corrected chi connectivity index (χ2v) is 5.98. The van der Waals surface area contributed by atoms with Crippen LogP contribution in [0.3, 0.4) is 0 Å². The zero-order chi connectivity index (χ0) is 14.2. The van der Waals surface area contributed by atoms with Gasteiger partial charge in [-0.1, -0.05) is 12.8 Å². The van der Waals surface area contributed by atoms with Gasteiger partial charge in [-0.15, -0.1) is 24.0 Å². The lowest BCUT2D eigenvalue weighted by Crippen LogP contribution is -2.42. The largest absolute Gasteiger partial charge is 0.389 e. The predicted molar refractivity (Wildman–Crippen MR) is 96.3 cm³/mol. The lowest BCUT2D eigenvalue weighted by Gasteiger charge is -2.17. The number of rotatable bonds is 8. The van der Waals surface area contributed by atoms with Crippen molar-refractivity contribution in [3.63, 3.8) is 0 Å². The molecule has 0 saturated heterocycles. The van der Waals surface area contributed by atoms with E-state index in [1.807, 2.05) is 0 Å². The lowest BCUT2D eigenvalue weighted by molar-refractivity contribution is 0.0368. The van der Waals surface area contributed by atoms with E-state index in [0.29, 0.717) is 19.2 Å². The molecule has 0 spiro atoms.